The number of hydrogen-bond donors (Lipinski definition) is 0. The lowest BCUT2D eigenvalue weighted by atomic mass is 10.1. The van der Waals surface area contributed by atoms with Crippen molar-refractivity contribution in [2.24, 2.45) is 0 Å². The lowest BCUT2D eigenvalue weighted by Gasteiger charge is -2.19. The number of hydrogen-bond acceptors (Lipinski definition) is 4. The minimum absolute atomic E-state index is 0. The van der Waals surface area contributed by atoms with E-state index in [-0.39, 0.29) is 24.8 Å². The van der Waals surface area contributed by atoms with Crippen LogP contribution in [0.3, 0.4) is 0 Å². The maximum absolute atomic E-state index is 11.8. The first-order valence-electron chi connectivity index (χ1n) is 6.52. The molecule has 114 valence electrons. The minimum Gasteiger partial charge on any atom is -0.495 e. The molecule has 0 amide bonds. The van der Waals surface area contributed by atoms with Gasteiger partial charge in [0.1, 0.15) is 11.4 Å². The van der Waals surface area contributed by atoms with E-state index in [1.807, 2.05) is 45.0 Å². The van der Waals surface area contributed by atoms with E-state index in [1.165, 1.54) is 0 Å². The minimum atomic E-state index is -0.460. The Morgan fingerprint density at radius 1 is 1.24 bits per heavy atom. The van der Waals surface area contributed by atoms with Crippen LogP contribution in [0.4, 0.5) is 0 Å². The standard InChI is InChI=1S/C16H19NO3.ClH/c1-16(2,3)20-15(18)8-11-5-6-14-12(7-11)9-13(19-4)10-17-14;/h5-7,9-10H,8H2,1-4H3;1H. The molecular formula is C16H20ClNO3. The Morgan fingerprint density at radius 2 is 1.95 bits per heavy atom. The Kier molecular flexibility index (Phi) is 5.55. The molecule has 0 aliphatic carbocycles. The van der Waals surface area contributed by atoms with Gasteiger partial charge in [0.25, 0.3) is 0 Å². The summed E-state index contributed by atoms with van der Waals surface area (Å²) in [6, 6.07) is 7.63. The lowest BCUT2D eigenvalue weighted by Crippen LogP contribution is -2.24. The van der Waals surface area contributed by atoms with Crippen molar-refractivity contribution in [3.63, 3.8) is 0 Å². The maximum Gasteiger partial charge on any atom is 0.310 e. The molecule has 0 N–H and O–H groups in total. The van der Waals surface area contributed by atoms with Crippen molar-refractivity contribution in [1.82, 2.24) is 4.98 Å². The Morgan fingerprint density at radius 3 is 2.57 bits per heavy atom. The van der Waals surface area contributed by atoms with Crippen LogP contribution in [0.5, 0.6) is 5.75 Å². The van der Waals surface area contributed by atoms with E-state index in [2.05, 4.69) is 4.98 Å². The smallest absolute Gasteiger partial charge is 0.310 e. The molecule has 0 unspecified atom stereocenters. The number of ether oxygens (including phenoxy) is 2. The highest BCUT2D eigenvalue weighted by atomic mass is 35.5. The number of carbonyl (C=O) groups is 1. The number of halogens is 1. The quantitative estimate of drug-likeness (QED) is 0.814. The molecule has 21 heavy (non-hydrogen) atoms. The van der Waals surface area contributed by atoms with Crippen LogP contribution < -0.4 is 4.74 Å². The largest absolute Gasteiger partial charge is 0.495 e. The molecule has 2 aromatic rings. The van der Waals surface area contributed by atoms with Gasteiger partial charge in [-0.15, -0.1) is 12.4 Å². The average molecular weight is 310 g/mol. The summed E-state index contributed by atoms with van der Waals surface area (Å²) in [6.07, 6.45) is 1.93. The van der Waals surface area contributed by atoms with Gasteiger partial charge in [-0.3, -0.25) is 9.78 Å². The van der Waals surface area contributed by atoms with E-state index in [1.54, 1.807) is 13.3 Å². The summed E-state index contributed by atoms with van der Waals surface area (Å²) < 4.78 is 10.5. The van der Waals surface area contributed by atoms with Gasteiger partial charge in [-0.05, 0) is 44.5 Å². The van der Waals surface area contributed by atoms with Crippen LogP contribution in [0.15, 0.2) is 30.5 Å². The third-order valence-electron chi connectivity index (χ3n) is 2.72. The van der Waals surface area contributed by atoms with Crippen molar-refractivity contribution in [3.05, 3.63) is 36.0 Å². The summed E-state index contributed by atoms with van der Waals surface area (Å²) in [6.45, 7) is 5.58. The molecule has 0 radical (unpaired) electrons. The van der Waals surface area contributed by atoms with Crippen molar-refractivity contribution in [1.29, 1.82) is 0 Å². The summed E-state index contributed by atoms with van der Waals surface area (Å²) in [4.78, 5) is 16.1. The molecule has 2 rings (SSSR count). The van der Waals surface area contributed by atoms with Gasteiger partial charge in [-0.2, -0.15) is 0 Å². The Labute approximate surface area is 130 Å². The number of fused-ring (bicyclic) bond motifs is 1. The second-order valence-corrected chi connectivity index (χ2v) is 5.67. The van der Waals surface area contributed by atoms with E-state index >= 15 is 0 Å². The first kappa shape index (κ1) is 17.2. The highest BCUT2D eigenvalue weighted by Gasteiger charge is 2.16. The van der Waals surface area contributed by atoms with Crippen molar-refractivity contribution < 1.29 is 14.3 Å². The van der Waals surface area contributed by atoms with Gasteiger partial charge in [0, 0.05) is 5.39 Å². The molecule has 5 heteroatoms. The van der Waals surface area contributed by atoms with Gasteiger partial charge in [0.2, 0.25) is 0 Å². The Balaban J connectivity index is 0.00000220. The molecule has 1 aromatic heterocycles. The summed E-state index contributed by atoms with van der Waals surface area (Å²) in [5.74, 6) is 0.472. The molecule has 0 atom stereocenters. The van der Waals surface area contributed by atoms with Crippen LogP contribution in [0.1, 0.15) is 26.3 Å². The molecule has 0 bridgehead atoms. The number of carbonyl (C=O) groups excluding carboxylic acids is 1. The first-order valence-corrected chi connectivity index (χ1v) is 6.52. The maximum atomic E-state index is 11.8. The Hall–Kier alpha value is -1.81. The number of aromatic nitrogens is 1. The molecule has 0 spiro atoms. The third-order valence-corrected chi connectivity index (χ3v) is 2.72. The number of methoxy groups -OCH3 is 1. The average Bonchev–Trinajstić information content (AvgIpc) is 2.35. The van der Waals surface area contributed by atoms with Crippen LogP contribution in [-0.4, -0.2) is 23.7 Å². The van der Waals surface area contributed by atoms with Crippen LogP contribution in [0, 0.1) is 0 Å². The fraction of sp³-hybridized carbons (Fsp3) is 0.375. The van der Waals surface area contributed by atoms with Gasteiger partial charge in [-0.25, -0.2) is 0 Å². The van der Waals surface area contributed by atoms with Crippen LogP contribution in [0.25, 0.3) is 10.9 Å². The van der Waals surface area contributed by atoms with Crippen molar-refractivity contribution in [2.75, 3.05) is 7.11 Å². The summed E-state index contributed by atoms with van der Waals surface area (Å²) in [5, 5.41) is 0.949. The fourth-order valence-corrected chi connectivity index (χ4v) is 1.93. The number of esters is 1. The molecule has 0 saturated heterocycles. The fourth-order valence-electron chi connectivity index (χ4n) is 1.93. The number of benzene rings is 1. The molecule has 1 aromatic carbocycles. The monoisotopic (exact) mass is 309 g/mol. The zero-order valence-electron chi connectivity index (χ0n) is 12.7. The van der Waals surface area contributed by atoms with Gasteiger partial charge < -0.3 is 9.47 Å². The van der Waals surface area contributed by atoms with Crippen LogP contribution >= 0.6 is 12.4 Å². The molecule has 0 saturated carbocycles. The SMILES string of the molecule is COc1cnc2ccc(CC(=O)OC(C)(C)C)cc2c1.Cl. The topological polar surface area (TPSA) is 48.4 Å². The third kappa shape index (κ3) is 4.90. The van der Waals surface area contributed by atoms with Crippen molar-refractivity contribution in [3.8, 4) is 5.75 Å². The van der Waals surface area contributed by atoms with E-state index < -0.39 is 5.60 Å². The molecule has 0 aliphatic heterocycles. The number of nitrogens with zero attached hydrogens (tertiary/aromatic N) is 1. The van der Waals surface area contributed by atoms with Crippen LogP contribution in [-0.2, 0) is 16.0 Å². The normalized spacial score (nSPS) is 10.9. The summed E-state index contributed by atoms with van der Waals surface area (Å²) >= 11 is 0. The van der Waals surface area contributed by atoms with Gasteiger partial charge in [-0.1, -0.05) is 6.07 Å². The van der Waals surface area contributed by atoms with Crippen LogP contribution in [0.2, 0.25) is 0 Å². The molecular weight excluding hydrogens is 290 g/mol. The zero-order chi connectivity index (χ0) is 14.8. The number of rotatable bonds is 3. The second-order valence-electron chi connectivity index (χ2n) is 5.67. The van der Waals surface area contributed by atoms with E-state index in [0.29, 0.717) is 5.75 Å². The highest BCUT2D eigenvalue weighted by Crippen LogP contribution is 2.20. The van der Waals surface area contributed by atoms with E-state index in [4.69, 9.17) is 9.47 Å². The summed E-state index contributed by atoms with van der Waals surface area (Å²) in [7, 11) is 1.60. The first-order chi connectivity index (χ1) is 9.37. The van der Waals surface area contributed by atoms with Crippen molar-refractivity contribution >= 4 is 29.3 Å². The van der Waals surface area contributed by atoms with E-state index in [9.17, 15) is 4.79 Å². The molecule has 0 aliphatic rings. The molecule has 4 nitrogen and oxygen atoms in total. The van der Waals surface area contributed by atoms with Gasteiger partial charge in [0.05, 0.1) is 25.2 Å². The van der Waals surface area contributed by atoms with Gasteiger partial charge in [0.15, 0.2) is 0 Å². The van der Waals surface area contributed by atoms with Gasteiger partial charge >= 0.3 is 5.97 Å². The zero-order valence-corrected chi connectivity index (χ0v) is 13.5. The highest BCUT2D eigenvalue weighted by molar-refractivity contribution is 5.85. The predicted octanol–water partition coefficient (Wildman–Crippen LogP) is 3.55. The number of pyridine rings is 1. The molecule has 1 heterocycles. The molecule has 0 fully saturated rings. The van der Waals surface area contributed by atoms with Crippen molar-refractivity contribution in [2.45, 2.75) is 32.8 Å². The predicted molar refractivity (Wildman–Crippen MR) is 85.1 cm³/mol. The lowest BCUT2D eigenvalue weighted by molar-refractivity contribution is -0.153. The summed E-state index contributed by atoms with van der Waals surface area (Å²) in [5.41, 5.74) is 1.32. The van der Waals surface area contributed by atoms with E-state index in [0.717, 1.165) is 16.5 Å². The Bertz CT molecular complexity index is 635. The second kappa shape index (κ2) is 6.76.